The largest absolute Gasteiger partial charge is 0.487 e. The average Bonchev–Trinajstić information content (AvgIpc) is 2.71. The number of hydrogen-bond acceptors (Lipinski definition) is 3. The van der Waals surface area contributed by atoms with Crippen LogP contribution in [0.4, 0.5) is 0 Å². The standard InChI is InChI=1S/C17H27NO2/c1-13(12-19)5-4-8-18-11-14-6-7-16-15(9-14)10-17(2,3)20-16/h6-7,9,13,18-19H,4-5,8,10-12H2,1-3H3. The molecule has 0 amide bonds. The quantitative estimate of drug-likeness (QED) is 0.753. The van der Waals surface area contributed by atoms with Crippen molar-refractivity contribution < 1.29 is 9.84 Å². The van der Waals surface area contributed by atoms with Crippen molar-refractivity contribution in [2.45, 2.75) is 52.2 Å². The number of benzene rings is 1. The fraction of sp³-hybridized carbons (Fsp3) is 0.647. The Morgan fingerprint density at radius 3 is 2.95 bits per heavy atom. The van der Waals surface area contributed by atoms with Gasteiger partial charge in [0.15, 0.2) is 0 Å². The molecule has 1 aromatic rings. The molecule has 2 N–H and O–H groups in total. The Hall–Kier alpha value is -1.06. The summed E-state index contributed by atoms with van der Waals surface area (Å²) in [5, 5.41) is 12.4. The second kappa shape index (κ2) is 6.59. The van der Waals surface area contributed by atoms with E-state index in [0.29, 0.717) is 12.5 Å². The Labute approximate surface area is 122 Å². The van der Waals surface area contributed by atoms with Crippen molar-refractivity contribution in [3.63, 3.8) is 0 Å². The highest BCUT2D eigenvalue weighted by Gasteiger charge is 2.29. The minimum atomic E-state index is -0.0607. The van der Waals surface area contributed by atoms with Crippen LogP contribution in [0.15, 0.2) is 18.2 Å². The van der Waals surface area contributed by atoms with E-state index in [0.717, 1.165) is 38.1 Å². The monoisotopic (exact) mass is 277 g/mol. The molecule has 0 radical (unpaired) electrons. The van der Waals surface area contributed by atoms with Gasteiger partial charge in [-0.2, -0.15) is 0 Å². The van der Waals surface area contributed by atoms with E-state index in [1.165, 1.54) is 11.1 Å². The van der Waals surface area contributed by atoms with Crippen LogP contribution < -0.4 is 10.1 Å². The fourth-order valence-corrected chi connectivity index (χ4v) is 2.67. The van der Waals surface area contributed by atoms with Crippen molar-refractivity contribution >= 4 is 0 Å². The Morgan fingerprint density at radius 2 is 2.20 bits per heavy atom. The third kappa shape index (κ3) is 4.22. The maximum absolute atomic E-state index is 8.97. The predicted octanol–water partition coefficient (Wildman–Crippen LogP) is 2.90. The SMILES string of the molecule is CC(CO)CCCNCc1ccc2c(c1)CC(C)(C)O2. The van der Waals surface area contributed by atoms with Crippen LogP contribution in [0.25, 0.3) is 0 Å². The zero-order valence-corrected chi connectivity index (χ0v) is 12.9. The lowest BCUT2D eigenvalue weighted by atomic mass is 10.0. The highest BCUT2D eigenvalue weighted by atomic mass is 16.5. The average molecular weight is 277 g/mol. The Balaban J connectivity index is 1.75. The summed E-state index contributed by atoms with van der Waals surface area (Å²) in [5.74, 6) is 1.45. The van der Waals surface area contributed by atoms with Crippen molar-refractivity contribution in [1.29, 1.82) is 0 Å². The van der Waals surface area contributed by atoms with Crippen molar-refractivity contribution in [3.05, 3.63) is 29.3 Å². The minimum absolute atomic E-state index is 0.0607. The molecule has 0 aliphatic carbocycles. The molecule has 2 rings (SSSR count). The first-order valence-corrected chi connectivity index (χ1v) is 7.62. The summed E-state index contributed by atoms with van der Waals surface area (Å²) in [5.41, 5.74) is 2.58. The summed E-state index contributed by atoms with van der Waals surface area (Å²) < 4.78 is 5.89. The van der Waals surface area contributed by atoms with Gasteiger partial charge in [-0.1, -0.05) is 19.1 Å². The second-order valence-corrected chi connectivity index (χ2v) is 6.59. The smallest absolute Gasteiger partial charge is 0.123 e. The van der Waals surface area contributed by atoms with Crippen molar-refractivity contribution in [2.75, 3.05) is 13.2 Å². The Bertz CT molecular complexity index is 443. The van der Waals surface area contributed by atoms with Gasteiger partial charge >= 0.3 is 0 Å². The van der Waals surface area contributed by atoms with E-state index >= 15 is 0 Å². The van der Waals surface area contributed by atoms with Crippen molar-refractivity contribution in [3.8, 4) is 5.75 Å². The lowest BCUT2D eigenvalue weighted by molar-refractivity contribution is 0.138. The summed E-state index contributed by atoms with van der Waals surface area (Å²) >= 11 is 0. The van der Waals surface area contributed by atoms with Crippen LogP contribution in [-0.4, -0.2) is 23.9 Å². The third-order valence-electron chi connectivity index (χ3n) is 3.82. The molecule has 0 saturated carbocycles. The maximum Gasteiger partial charge on any atom is 0.123 e. The highest BCUT2D eigenvalue weighted by Crippen LogP contribution is 2.35. The number of aliphatic hydroxyl groups is 1. The molecule has 3 nitrogen and oxygen atoms in total. The van der Waals surface area contributed by atoms with Crippen LogP contribution >= 0.6 is 0 Å². The van der Waals surface area contributed by atoms with Crippen LogP contribution in [-0.2, 0) is 13.0 Å². The first-order valence-electron chi connectivity index (χ1n) is 7.62. The van der Waals surface area contributed by atoms with Gasteiger partial charge in [0.1, 0.15) is 11.4 Å². The molecule has 1 aromatic carbocycles. The van der Waals surface area contributed by atoms with Crippen LogP contribution in [0.1, 0.15) is 44.7 Å². The number of ether oxygens (including phenoxy) is 1. The van der Waals surface area contributed by atoms with Gasteiger partial charge in [0.2, 0.25) is 0 Å². The molecule has 112 valence electrons. The van der Waals surface area contributed by atoms with Gasteiger partial charge in [-0.3, -0.25) is 0 Å². The van der Waals surface area contributed by atoms with E-state index in [2.05, 4.69) is 44.3 Å². The summed E-state index contributed by atoms with van der Waals surface area (Å²) in [4.78, 5) is 0. The summed E-state index contributed by atoms with van der Waals surface area (Å²) in [6.45, 7) is 8.55. The zero-order chi connectivity index (χ0) is 14.6. The predicted molar refractivity (Wildman–Crippen MR) is 82.0 cm³/mol. The van der Waals surface area contributed by atoms with Crippen molar-refractivity contribution in [2.24, 2.45) is 5.92 Å². The van der Waals surface area contributed by atoms with Crippen LogP contribution in [0.5, 0.6) is 5.75 Å². The van der Waals surface area contributed by atoms with E-state index in [9.17, 15) is 0 Å². The molecule has 0 fully saturated rings. The van der Waals surface area contributed by atoms with Gasteiger partial charge in [-0.05, 0) is 56.3 Å². The van der Waals surface area contributed by atoms with Crippen molar-refractivity contribution in [1.82, 2.24) is 5.32 Å². The number of hydrogen-bond donors (Lipinski definition) is 2. The van der Waals surface area contributed by atoms with Gasteiger partial charge in [0.05, 0.1) is 0 Å². The lowest BCUT2D eigenvalue weighted by Gasteiger charge is -2.16. The van der Waals surface area contributed by atoms with Crippen LogP contribution in [0.3, 0.4) is 0 Å². The third-order valence-corrected chi connectivity index (χ3v) is 3.82. The van der Waals surface area contributed by atoms with Gasteiger partial charge in [-0.15, -0.1) is 0 Å². The van der Waals surface area contributed by atoms with Crippen LogP contribution in [0.2, 0.25) is 0 Å². The molecule has 0 aromatic heterocycles. The fourth-order valence-electron chi connectivity index (χ4n) is 2.67. The molecule has 1 heterocycles. The minimum Gasteiger partial charge on any atom is -0.487 e. The zero-order valence-electron chi connectivity index (χ0n) is 12.9. The highest BCUT2D eigenvalue weighted by molar-refractivity contribution is 5.41. The Morgan fingerprint density at radius 1 is 1.40 bits per heavy atom. The topological polar surface area (TPSA) is 41.5 Å². The molecule has 3 heteroatoms. The molecule has 1 atom stereocenters. The summed E-state index contributed by atoms with van der Waals surface area (Å²) in [6.07, 6.45) is 3.18. The lowest BCUT2D eigenvalue weighted by Crippen LogP contribution is -2.24. The molecule has 20 heavy (non-hydrogen) atoms. The molecule has 1 aliphatic heterocycles. The molecule has 1 aliphatic rings. The van der Waals surface area contributed by atoms with E-state index in [1.54, 1.807) is 0 Å². The molecular formula is C17H27NO2. The molecule has 1 unspecified atom stereocenters. The Kier molecular flexibility index (Phi) is 5.06. The molecular weight excluding hydrogens is 250 g/mol. The number of aliphatic hydroxyl groups excluding tert-OH is 1. The van der Waals surface area contributed by atoms with Gasteiger partial charge in [-0.25, -0.2) is 0 Å². The first-order chi connectivity index (χ1) is 9.50. The molecule has 0 spiro atoms. The number of nitrogens with one attached hydrogen (secondary N) is 1. The number of rotatable bonds is 7. The van der Waals surface area contributed by atoms with Gasteiger partial charge in [0.25, 0.3) is 0 Å². The van der Waals surface area contributed by atoms with Gasteiger partial charge in [0, 0.05) is 19.6 Å². The first kappa shape index (κ1) is 15.3. The van der Waals surface area contributed by atoms with Gasteiger partial charge < -0.3 is 15.2 Å². The summed E-state index contributed by atoms with van der Waals surface area (Å²) in [6, 6.07) is 6.49. The van der Waals surface area contributed by atoms with E-state index in [-0.39, 0.29) is 5.60 Å². The normalized spacial score (nSPS) is 17.6. The maximum atomic E-state index is 8.97. The molecule has 0 saturated heterocycles. The van der Waals surface area contributed by atoms with Crippen LogP contribution in [0, 0.1) is 5.92 Å². The summed E-state index contributed by atoms with van der Waals surface area (Å²) in [7, 11) is 0. The van der Waals surface area contributed by atoms with E-state index in [1.807, 2.05) is 0 Å². The number of fused-ring (bicyclic) bond motifs is 1. The van der Waals surface area contributed by atoms with E-state index < -0.39 is 0 Å². The molecule has 0 bridgehead atoms. The van der Waals surface area contributed by atoms with E-state index in [4.69, 9.17) is 9.84 Å². The second-order valence-electron chi connectivity index (χ2n) is 6.59.